The van der Waals surface area contributed by atoms with Gasteiger partial charge in [-0.1, -0.05) is 72.8 Å². The molecule has 0 saturated heterocycles. The van der Waals surface area contributed by atoms with Gasteiger partial charge in [0.2, 0.25) is 0 Å². The van der Waals surface area contributed by atoms with Crippen molar-refractivity contribution in [3.8, 4) is 33.6 Å². The molecule has 0 aliphatic carbocycles. The van der Waals surface area contributed by atoms with Crippen LogP contribution in [-0.2, 0) is 0 Å². The van der Waals surface area contributed by atoms with E-state index in [4.69, 9.17) is 14.4 Å². The predicted molar refractivity (Wildman–Crippen MR) is 130 cm³/mol. The Kier molecular flexibility index (Phi) is 4.32. The number of para-hydroxylation sites is 1. The molecule has 0 saturated carbocycles. The Bertz CT molecular complexity index is 1580. The third-order valence-electron chi connectivity index (χ3n) is 5.80. The highest BCUT2D eigenvalue weighted by molar-refractivity contribution is 6.06. The molecule has 0 unspecified atom stereocenters. The molecule has 32 heavy (non-hydrogen) atoms. The number of hydrogen-bond acceptors (Lipinski definition) is 3. The Labute approximate surface area is 186 Å². The summed E-state index contributed by atoms with van der Waals surface area (Å²) in [5, 5.41) is 2.21. The Balaban J connectivity index is 1.52. The van der Waals surface area contributed by atoms with Crippen LogP contribution < -0.4 is 0 Å². The minimum Gasteiger partial charge on any atom is -0.456 e. The standard InChI is InChI=1S/C29H20N2O/c1-19-30-26(21-15-16-29-25(17-21)24-13-7-8-14-28(24)32-29)18-27(31-19)23-12-6-5-11-22(23)20-9-3-2-4-10-20/h2-18H,1H3. The van der Waals surface area contributed by atoms with E-state index in [-0.39, 0.29) is 0 Å². The molecule has 6 rings (SSSR count). The number of aryl methyl sites for hydroxylation is 1. The zero-order valence-corrected chi connectivity index (χ0v) is 17.6. The molecule has 0 fully saturated rings. The number of hydrogen-bond donors (Lipinski definition) is 0. The third kappa shape index (κ3) is 3.15. The molecule has 3 nitrogen and oxygen atoms in total. The van der Waals surface area contributed by atoms with Crippen molar-refractivity contribution >= 4 is 21.9 Å². The van der Waals surface area contributed by atoms with Gasteiger partial charge in [0.1, 0.15) is 17.0 Å². The minimum absolute atomic E-state index is 0.748. The molecule has 0 aliphatic heterocycles. The summed E-state index contributed by atoms with van der Waals surface area (Å²) in [6.07, 6.45) is 0. The number of nitrogens with zero attached hydrogens (tertiary/aromatic N) is 2. The molecule has 0 atom stereocenters. The summed E-state index contributed by atoms with van der Waals surface area (Å²) in [7, 11) is 0. The van der Waals surface area contributed by atoms with Crippen LogP contribution in [-0.4, -0.2) is 9.97 Å². The monoisotopic (exact) mass is 412 g/mol. The molecule has 0 aliphatic rings. The van der Waals surface area contributed by atoms with Crippen LogP contribution in [0.1, 0.15) is 5.82 Å². The first-order valence-electron chi connectivity index (χ1n) is 10.7. The van der Waals surface area contributed by atoms with Gasteiger partial charge in [-0.3, -0.25) is 0 Å². The summed E-state index contributed by atoms with van der Waals surface area (Å²) in [5.41, 5.74) is 8.09. The van der Waals surface area contributed by atoms with E-state index in [0.717, 1.165) is 55.8 Å². The van der Waals surface area contributed by atoms with E-state index in [1.807, 2.05) is 37.3 Å². The first kappa shape index (κ1) is 18.5. The molecule has 0 spiro atoms. The minimum atomic E-state index is 0.748. The van der Waals surface area contributed by atoms with E-state index in [1.54, 1.807) is 0 Å². The van der Waals surface area contributed by atoms with E-state index in [2.05, 4.69) is 72.8 Å². The van der Waals surface area contributed by atoms with E-state index >= 15 is 0 Å². The maximum Gasteiger partial charge on any atom is 0.135 e. The molecule has 4 aromatic carbocycles. The van der Waals surface area contributed by atoms with Crippen molar-refractivity contribution in [1.29, 1.82) is 0 Å². The fraction of sp³-hybridized carbons (Fsp3) is 0.0345. The molecule has 2 aromatic heterocycles. The molecule has 0 radical (unpaired) electrons. The molecular formula is C29H20N2O. The number of rotatable bonds is 3. The summed E-state index contributed by atoms with van der Waals surface area (Å²) in [6, 6.07) is 35.3. The lowest BCUT2D eigenvalue weighted by Crippen LogP contribution is -1.96. The Morgan fingerprint density at radius 3 is 2.09 bits per heavy atom. The molecule has 0 bridgehead atoms. The lowest BCUT2D eigenvalue weighted by atomic mass is 9.96. The molecule has 152 valence electrons. The van der Waals surface area contributed by atoms with Gasteiger partial charge in [0, 0.05) is 21.9 Å². The SMILES string of the molecule is Cc1nc(-c2ccc3oc4ccccc4c3c2)cc(-c2ccccc2-c2ccccc2)n1. The Morgan fingerprint density at radius 1 is 0.531 bits per heavy atom. The quantitative estimate of drug-likeness (QED) is 0.299. The number of aromatic nitrogens is 2. The molecule has 3 heteroatoms. The van der Waals surface area contributed by atoms with Crippen LogP contribution in [0.2, 0.25) is 0 Å². The topological polar surface area (TPSA) is 38.9 Å². The van der Waals surface area contributed by atoms with Crippen LogP contribution in [0.25, 0.3) is 55.6 Å². The highest BCUT2D eigenvalue weighted by Crippen LogP contribution is 2.35. The maximum atomic E-state index is 5.99. The lowest BCUT2D eigenvalue weighted by molar-refractivity contribution is 0.669. The second-order valence-corrected chi connectivity index (χ2v) is 7.91. The zero-order valence-electron chi connectivity index (χ0n) is 17.6. The Morgan fingerprint density at radius 2 is 1.22 bits per heavy atom. The van der Waals surface area contributed by atoms with Crippen LogP contribution in [0.3, 0.4) is 0 Å². The van der Waals surface area contributed by atoms with Crippen molar-refractivity contribution in [2.24, 2.45) is 0 Å². The smallest absolute Gasteiger partial charge is 0.135 e. The fourth-order valence-corrected chi connectivity index (χ4v) is 4.31. The average Bonchev–Trinajstić information content (AvgIpc) is 3.22. The van der Waals surface area contributed by atoms with E-state index in [9.17, 15) is 0 Å². The molecule has 6 aromatic rings. The van der Waals surface area contributed by atoms with Crippen LogP contribution >= 0.6 is 0 Å². The van der Waals surface area contributed by atoms with E-state index in [1.165, 1.54) is 5.56 Å². The second-order valence-electron chi connectivity index (χ2n) is 7.91. The van der Waals surface area contributed by atoms with Gasteiger partial charge < -0.3 is 4.42 Å². The van der Waals surface area contributed by atoms with E-state index < -0.39 is 0 Å². The first-order valence-corrected chi connectivity index (χ1v) is 10.7. The third-order valence-corrected chi connectivity index (χ3v) is 5.80. The zero-order chi connectivity index (χ0) is 21.5. The highest BCUT2D eigenvalue weighted by Gasteiger charge is 2.13. The van der Waals surface area contributed by atoms with Crippen LogP contribution in [0.5, 0.6) is 0 Å². The number of benzene rings is 4. The van der Waals surface area contributed by atoms with Crippen molar-refractivity contribution in [2.75, 3.05) is 0 Å². The second kappa shape index (κ2) is 7.47. The molecule has 2 heterocycles. The van der Waals surface area contributed by atoms with Crippen LogP contribution in [0.4, 0.5) is 0 Å². The van der Waals surface area contributed by atoms with Gasteiger partial charge in [0.25, 0.3) is 0 Å². The average molecular weight is 412 g/mol. The molecule has 0 N–H and O–H groups in total. The summed E-state index contributed by atoms with van der Waals surface area (Å²) in [4.78, 5) is 9.55. The first-order chi connectivity index (χ1) is 15.8. The van der Waals surface area contributed by atoms with Gasteiger partial charge in [-0.05, 0) is 48.4 Å². The van der Waals surface area contributed by atoms with Crippen LogP contribution in [0, 0.1) is 6.92 Å². The normalized spacial score (nSPS) is 11.3. The summed E-state index contributed by atoms with van der Waals surface area (Å²) < 4.78 is 5.99. The molecule has 0 amide bonds. The van der Waals surface area contributed by atoms with Gasteiger partial charge in [-0.15, -0.1) is 0 Å². The summed E-state index contributed by atoms with van der Waals surface area (Å²) in [6.45, 7) is 1.95. The fourth-order valence-electron chi connectivity index (χ4n) is 4.31. The lowest BCUT2D eigenvalue weighted by Gasteiger charge is -2.11. The van der Waals surface area contributed by atoms with Crippen molar-refractivity contribution in [1.82, 2.24) is 9.97 Å². The highest BCUT2D eigenvalue weighted by atomic mass is 16.3. The van der Waals surface area contributed by atoms with Crippen LogP contribution in [0.15, 0.2) is 108 Å². The number of fused-ring (bicyclic) bond motifs is 3. The Hall–Kier alpha value is -4.24. The largest absolute Gasteiger partial charge is 0.456 e. The van der Waals surface area contributed by atoms with Crippen molar-refractivity contribution in [3.63, 3.8) is 0 Å². The maximum absolute atomic E-state index is 5.99. The van der Waals surface area contributed by atoms with Crippen molar-refractivity contribution in [2.45, 2.75) is 6.92 Å². The molecular weight excluding hydrogens is 392 g/mol. The summed E-state index contributed by atoms with van der Waals surface area (Å²) in [5.74, 6) is 0.748. The summed E-state index contributed by atoms with van der Waals surface area (Å²) >= 11 is 0. The van der Waals surface area contributed by atoms with Crippen molar-refractivity contribution < 1.29 is 4.42 Å². The van der Waals surface area contributed by atoms with Gasteiger partial charge in [0.15, 0.2) is 0 Å². The van der Waals surface area contributed by atoms with E-state index in [0.29, 0.717) is 0 Å². The number of furan rings is 1. The van der Waals surface area contributed by atoms with Gasteiger partial charge in [-0.2, -0.15) is 0 Å². The van der Waals surface area contributed by atoms with Gasteiger partial charge in [-0.25, -0.2) is 9.97 Å². The van der Waals surface area contributed by atoms with Gasteiger partial charge in [0.05, 0.1) is 11.4 Å². The predicted octanol–water partition coefficient (Wildman–Crippen LogP) is 7.69. The van der Waals surface area contributed by atoms with Gasteiger partial charge >= 0.3 is 0 Å². The van der Waals surface area contributed by atoms with Crippen molar-refractivity contribution in [3.05, 3.63) is 109 Å².